The van der Waals surface area contributed by atoms with Gasteiger partial charge in [-0.15, -0.1) is 5.10 Å². The maximum Gasteiger partial charge on any atom is 0.390 e. The zero-order valence-electron chi connectivity index (χ0n) is 17.3. The first-order valence-electron chi connectivity index (χ1n) is 9.84. The van der Waals surface area contributed by atoms with Crippen LogP contribution in [0.15, 0.2) is 47.3 Å². The number of carbonyl (C=O) groups is 1. The van der Waals surface area contributed by atoms with Crippen LogP contribution >= 0.6 is 11.6 Å². The Morgan fingerprint density at radius 2 is 1.82 bits per heavy atom. The summed E-state index contributed by atoms with van der Waals surface area (Å²) in [5.41, 5.74) is -1.01. The van der Waals surface area contributed by atoms with E-state index in [-0.39, 0.29) is 17.0 Å². The van der Waals surface area contributed by atoms with E-state index in [4.69, 9.17) is 11.6 Å². The number of aliphatic hydroxyl groups is 1. The van der Waals surface area contributed by atoms with Crippen molar-refractivity contribution in [2.45, 2.75) is 31.7 Å². The molecule has 0 spiro atoms. The summed E-state index contributed by atoms with van der Waals surface area (Å²) < 4.78 is 67.3. The molecule has 1 amide bonds. The van der Waals surface area contributed by atoms with Crippen LogP contribution in [0.1, 0.15) is 18.0 Å². The monoisotopic (exact) mass is 504 g/mol. The summed E-state index contributed by atoms with van der Waals surface area (Å²) in [6.07, 6.45) is -5.85. The molecule has 0 bridgehead atoms. The lowest BCUT2D eigenvalue weighted by atomic mass is 10.1. The molecule has 2 aromatic carbocycles. The lowest BCUT2D eigenvalue weighted by Gasteiger charge is -2.17. The lowest BCUT2D eigenvalue weighted by Crippen LogP contribution is -2.37. The number of alkyl halides is 3. The Hall–Kier alpha value is -3.25. The van der Waals surface area contributed by atoms with E-state index in [2.05, 4.69) is 10.4 Å². The lowest BCUT2D eigenvalue weighted by molar-refractivity contribution is -0.136. The first kappa shape index (κ1) is 25.4. The third kappa shape index (κ3) is 6.00. The van der Waals surface area contributed by atoms with Crippen LogP contribution in [0, 0.1) is 11.6 Å². The van der Waals surface area contributed by atoms with Gasteiger partial charge >= 0.3 is 11.9 Å². The molecule has 1 unspecified atom stereocenters. The maximum absolute atomic E-state index is 14.0. The number of halogens is 6. The van der Waals surface area contributed by atoms with Crippen LogP contribution in [0.25, 0.3) is 11.4 Å². The highest BCUT2D eigenvalue weighted by Crippen LogP contribution is 2.23. The van der Waals surface area contributed by atoms with Gasteiger partial charge in [0.1, 0.15) is 6.54 Å². The van der Waals surface area contributed by atoms with E-state index < -0.39 is 61.6 Å². The molecule has 13 heteroatoms. The minimum Gasteiger partial charge on any atom is -0.394 e. The summed E-state index contributed by atoms with van der Waals surface area (Å²) in [5, 5.41) is 16.1. The second-order valence-corrected chi connectivity index (χ2v) is 7.67. The standard InChI is InChI=1S/C21H18ClF5N4O3/c22-13-6-4-12(5-7-13)19-29-31(20(34)30(19)9-8-21(25,26)27)10-17(33)28-16(11-32)14-2-1-3-15(23)18(14)24/h1-7,16,32H,8-11H2,(H,28,33). The second-order valence-electron chi connectivity index (χ2n) is 7.23. The number of amides is 1. The number of hydrogen-bond donors (Lipinski definition) is 2. The van der Waals surface area contributed by atoms with Gasteiger partial charge in [0.25, 0.3) is 0 Å². The fourth-order valence-corrected chi connectivity index (χ4v) is 3.31. The Bertz CT molecular complexity index is 1220. The van der Waals surface area contributed by atoms with Gasteiger partial charge in [0.05, 0.1) is 19.1 Å². The van der Waals surface area contributed by atoms with E-state index in [0.29, 0.717) is 9.70 Å². The zero-order chi connectivity index (χ0) is 25.0. The molecular formula is C21H18ClF5N4O3. The fourth-order valence-electron chi connectivity index (χ4n) is 3.18. The van der Waals surface area contributed by atoms with Crippen molar-refractivity contribution < 1.29 is 31.9 Å². The summed E-state index contributed by atoms with van der Waals surface area (Å²) in [7, 11) is 0. The van der Waals surface area contributed by atoms with E-state index >= 15 is 0 Å². The Morgan fingerprint density at radius 1 is 1.15 bits per heavy atom. The average molecular weight is 505 g/mol. The van der Waals surface area contributed by atoms with E-state index in [1.807, 2.05) is 0 Å². The van der Waals surface area contributed by atoms with Crippen LogP contribution in [0.3, 0.4) is 0 Å². The van der Waals surface area contributed by atoms with Crippen LogP contribution in [-0.4, -0.2) is 38.1 Å². The van der Waals surface area contributed by atoms with Crippen molar-refractivity contribution in [3.63, 3.8) is 0 Å². The Labute approximate surface area is 194 Å². The van der Waals surface area contributed by atoms with E-state index in [1.165, 1.54) is 30.3 Å². The molecule has 0 saturated carbocycles. The van der Waals surface area contributed by atoms with Crippen molar-refractivity contribution in [1.29, 1.82) is 0 Å². The molecule has 0 radical (unpaired) electrons. The van der Waals surface area contributed by atoms with Crippen molar-refractivity contribution in [3.8, 4) is 11.4 Å². The van der Waals surface area contributed by atoms with Crippen molar-refractivity contribution in [2.75, 3.05) is 6.61 Å². The summed E-state index contributed by atoms with van der Waals surface area (Å²) in [4.78, 5) is 25.2. The average Bonchev–Trinajstić information content (AvgIpc) is 3.08. The van der Waals surface area contributed by atoms with Gasteiger partial charge in [-0.25, -0.2) is 18.3 Å². The highest BCUT2D eigenvalue weighted by Gasteiger charge is 2.29. The Balaban J connectivity index is 1.88. The third-order valence-electron chi connectivity index (χ3n) is 4.81. The van der Waals surface area contributed by atoms with E-state index in [1.54, 1.807) is 0 Å². The first-order valence-corrected chi connectivity index (χ1v) is 10.2. The Morgan fingerprint density at radius 3 is 2.44 bits per heavy atom. The summed E-state index contributed by atoms with van der Waals surface area (Å²) in [5.74, 6) is -3.47. The van der Waals surface area contributed by atoms with Gasteiger partial charge in [0, 0.05) is 22.7 Å². The van der Waals surface area contributed by atoms with Crippen LogP contribution in [0.4, 0.5) is 22.0 Å². The highest BCUT2D eigenvalue weighted by molar-refractivity contribution is 6.30. The minimum absolute atomic E-state index is 0.117. The van der Waals surface area contributed by atoms with Crippen molar-refractivity contribution in [3.05, 3.63) is 75.2 Å². The van der Waals surface area contributed by atoms with Crippen LogP contribution in [-0.2, 0) is 17.9 Å². The maximum atomic E-state index is 14.0. The molecule has 0 aliphatic carbocycles. The number of hydrogen-bond acceptors (Lipinski definition) is 4. The fraction of sp³-hybridized carbons (Fsp3) is 0.286. The van der Waals surface area contributed by atoms with E-state index in [0.717, 1.165) is 16.7 Å². The van der Waals surface area contributed by atoms with Crippen LogP contribution in [0.5, 0.6) is 0 Å². The molecule has 3 rings (SSSR count). The van der Waals surface area contributed by atoms with Gasteiger partial charge in [0.2, 0.25) is 5.91 Å². The molecule has 1 heterocycles. The van der Waals surface area contributed by atoms with Gasteiger partial charge in [-0.05, 0) is 30.3 Å². The third-order valence-corrected chi connectivity index (χ3v) is 5.06. The largest absolute Gasteiger partial charge is 0.394 e. The number of benzene rings is 2. The minimum atomic E-state index is -4.54. The molecule has 34 heavy (non-hydrogen) atoms. The molecular weight excluding hydrogens is 487 g/mol. The number of carbonyl (C=O) groups excluding carboxylic acids is 1. The molecule has 0 aliphatic heterocycles. The molecule has 182 valence electrons. The summed E-state index contributed by atoms with van der Waals surface area (Å²) in [6.45, 7) is -2.27. The van der Waals surface area contributed by atoms with Crippen molar-refractivity contribution >= 4 is 17.5 Å². The molecule has 2 N–H and O–H groups in total. The van der Waals surface area contributed by atoms with Gasteiger partial charge in [0.15, 0.2) is 17.5 Å². The van der Waals surface area contributed by atoms with Crippen LogP contribution in [0.2, 0.25) is 5.02 Å². The molecule has 0 fully saturated rings. The molecule has 1 aromatic heterocycles. The quantitative estimate of drug-likeness (QED) is 0.460. The molecule has 3 aromatic rings. The van der Waals surface area contributed by atoms with E-state index in [9.17, 15) is 36.6 Å². The smallest absolute Gasteiger partial charge is 0.390 e. The zero-order valence-corrected chi connectivity index (χ0v) is 18.1. The SMILES string of the molecule is O=C(Cn1nc(-c2ccc(Cl)cc2)n(CCC(F)(F)F)c1=O)NC(CO)c1cccc(F)c1F. The van der Waals surface area contributed by atoms with Crippen LogP contribution < -0.4 is 11.0 Å². The normalized spacial score (nSPS) is 12.6. The highest BCUT2D eigenvalue weighted by atomic mass is 35.5. The first-order chi connectivity index (χ1) is 16.0. The predicted octanol–water partition coefficient (Wildman–Crippen LogP) is 3.45. The number of aromatic nitrogens is 3. The van der Waals surface area contributed by atoms with Gasteiger partial charge in [-0.2, -0.15) is 13.2 Å². The number of rotatable bonds is 8. The van der Waals surface area contributed by atoms with Gasteiger partial charge in [-0.3, -0.25) is 9.36 Å². The topological polar surface area (TPSA) is 89.2 Å². The number of nitrogens with one attached hydrogen (secondary N) is 1. The summed E-state index contributed by atoms with van der Waals surface area (Å²) >= 11 is 5.83. The number of aliphatic hydroxyl groups excluding tert-OH is 1. The van der Waals surface area contributed by atoms with Gasteiger partial charge in [-0.1, -0.05) is 23.7 Å². The molecule has 7 nitrogen and oxygen atoms in total. The second kappa shape index (κ2) is 10.3. The van der Waals surface area contributed by atoms with Crippen molar-refractivity contribution in [2.24, 2.45) is 0 Å². The number of nitrogens with zero attached hydrogens (tertiary/aromatic N) is 3. The van der Waals surface area contributed by atoms with Crippen molar-refractivity contribution in [1.82, 2.24) is 19.7 Å². The molecule has 1 atom stereocenters. The Kier molecular flexibility index (Phi) is 7.72. The van der Waals surface area contributed by atoms with Gasteiger partial charge < -0.3 is 10.4 Å². The molecule has 0 aliphatic rings. The summed E-state index contributed by atoms with van der Waals surface area (Å²) in [6, 6.07) is 7.70. The molecule has 0 saturated heterocycles. The predicted molar refractivity (Wildman–Crippen MR) is 112 cm³/mol.